The molecule has 0 bridgehead atoms. The van der Waals surface area contributed by atoms with Crippen molar-refractivity contribution in [1.29, 1.82) is 0 Å². The van der Waals surface area contributed by atoms with Gasteiger partial charge in [0.25, 0.3) is 0 Å². The molecule has 1 fully saturated rings. The molecular formula is C19H29O2P. The standard InChI is InChI=1S/C19H29O2P/c1-4-9-19(11-6-5-10-18(19,2)3)14-7-8-15-16(12-14)21-17(22)13-20-15/h7-8,12,17H,4-6,9-11,13,22H2,1-3H3/t17?,19-/m1/s1. The molecule has 22 heavy (non-hydrogen) atoms. The van der Waals surface area contributed by atoms with Crippen molar-refractivity contribution < 1.29 is 9.47 Å². The summed E-state index contributed by atoms with van der Waals surface area (Å²) in [5.41, 5.74) is 2.05. The summed E-state index contributed by atoms with van der Waals surface area (Å²) in [4.78, 5) is 0. The fraction of sp³-hybridized carbons (Fsp3) is 0.684. The van der Waals surface area contributed by atoms with E-state index in [-0.39, 0.29) is 11.3 Å². The van der Waals surface area contributed by atoms with E-state index >= 15 is 0 Å². The third-order valence-electron chi connectivity index (χ3n) is 5.81. The average molecular weight is 320 g/mol. The van der Waals surface area contributed by atoms with Crippen LogP contribution in [-0.2, 0) is 5.41 Å². The molecule has 2 nitrogen and oxygen atoms in total. The van der Waals surface area contributed by atoms with E-state index in [0.29, 0.717) is 12.0 Å². The predicted molar refractivity (Wildman–Crippen MR) is 94.9 cm³/mol. The summed E-state index contributed by atoms with van der Waals surface area (Å²) in [7, 11) is 2.71. The van der Waals surface area contributed by atoms with Crippen molar-refractivity contribution in [3.05, 3.63) is 23.8 Å². The second-order valence-corrected chi connectivity index (χ2v) is 8.30. The van der Waals surface area contributed by atoms with Crippen LogP contribution < -0.4 is 9.47 Å². The van der Waals surface area contributed by atoms with Crippen LogP contribution in [0.15, 0.2) is 18.2 Å². The Bertz CT molecular complexity index is 536. The summed E-state index contributed by atoms with van der Waals surface area (Å²) >= 11 is 0. The Labute approximate surface area is 137 Å². The van der Waals surface area contributed by atoms with Gasteiger partial charge in [0, 0.05) is 5.41 Å². The lowest BCUT2D eigenvalue weighted by molar-refractivity contribution is 0.0814. The molecule has 2 unspecified atom stereocenters. The molecule has 0 radical (unpaired) electrons. The van der Waals surface area contributed by atoms with Crippen molar-refractivity contribution >= 4 is 9.24 Å². The van der Waals surface area contributed by atoms with Gasteiger partial charge in [0.2, 0.25) is 0 Å². The van der Waals surface area contributed by atoms with Crippen molar-refractivity contribution in [2.75, 3.05) is 6.61 Å². The van der Waals surface area contributed by atoms with Crippen LogP contribution in [-0.4, -0.2) is 12.5 Å². The Kier molecular flexibility index (Phi) is 4.42. The number of hydrogen-bond acceptors (Lipinski definition) is 2. The van der Waals surface area contributed by atoms with E-state index in [9.17, 15) is 0 Å². The molecular weight excluding hydrogens is 291 g/mol. The molecule has 0 saturated heterocycles. The quantitative estimate of drug-likeness (QED) is 0.704. The first-order chi connectivity index (χ1) is 10.5. The van der Waals surface area contributed by atoms with E-state index < -0.39 is 0 Å². The zero-order chi connectivity index (χ0) is 15.8. The van der Waals surface area contributed by atoms with Crippen LogP contribution in [0.4, 0.5) is 0 Å². The van der Waals surface area contributed by atoms with Gasteiger partial charge in [0.05, 0.1) is 0 Å². The third kappa shape index (κ3) is 2.64. The zero-order valence-corrected chi connectivity index (χ0v) is 15.3. The van der Waals surface area contributed by atoms with Crippen molar-refractivity contribution in [3.63, 3.8) is 0 Å². The van der Waals surface area contributed by atoms with Gasteiger partial charge < -0.3 is 9.47 Å². The highest BCUT2D eigenvalue weighted by molar-refractivity contribution is 7.17. The second-order valence-electron chi connectivity index (χ2n) is 7.55. The first-order valence-electron chi connectivity index (χ1n) is 8.68. The molecule has 0 aromatic heterocycles. The van der Waals surface area contributed by atoms with Gasteiger partial charge in [0.1, 0.15) is 12.5 Å². The number of ether oxygens (including phenoxy) is 2. The van der Waals surface area contributed by atoms with Gasteiger partial charge in [-0.3, -0.25) is 0 Å². The highest BCUT2D eigenvalue weighted by Crippen LogP contribution is 2.55. The predicted octanol–water partition coefficient (Wildman–Crippen LogP) is 5.30. The summed E-state index contributed by atoms with van der Waals surface area (Å²) in [6.07, 6.45) is 7.78. The fourth-order valence-corrected chi connectivity index (χ4v) is 4.77. The molecule has 1 aliphatic carbocycles. The maximum atomic E-state index is 5.99. The number of hydrogen-bond donors (Lipinski definition) is 0. The highest BCUT2D eigenvalue weighted by Gasteiger charge is 2.47. The van der Waals surface area contributed by atoms with E-state index in [1.54, 1.807) is 0 Å². The van der Waals surface area contributed by atoms with E-state index in [0.717, 1.165) is 11.5 Å². The van der Waals surface area contributed by atoms with E-state index in [2.05, 4.69) is 48.2 Å². The summed E-state index contributed by atoms with van der Waals surface area (Å²) in [6.45, 7) is 7.83. The third-order valence-corrected chi connectivity index (χ3v) is 6.13. The Balaban J connectivity index is 2.03. The summed E-state index contributed by atoms with van der Waals surface area (Å²) in [5.74, 6) is 1.87. The molecule has 3 atom stereocenters. The van der Waals surface area contributed by atoms with Crippen LogP contribution in [0, 0.1) is 5.41 Å². The average Bonchev–Trinajstić information content (AvgIpc) is 2.48. The van der Waals surface area contributed by atoms with Crippen LogP contribution >= 0.6 is 9.24 Å². The first kappa shape index (κ1) is 16.1. The first-order valence-corrected chi connectivity index (χ1v) is 9.35. The van der Waals surface area contributed by atoms with E-state index in [1.165, 1.54) is 44.1 Å². The molecule has 0 N–H and O–H groups in total. The molecule has 122 valence electrons. The van der Waals surface area contributed by atoms with Crippen molar-refractivity contribution in [1.82, 2.24) is 0 Å². The lowest BCUT2D eigenvalue weighted by Gasteiger charge is -2.51. The topological polar surface area (TPSA) is 18.5 Å². The Morgan fingerprint density at radius 1 is 1.18 bits per heavy atom. The molecule has 0 spiro atoms. The normalized spacial score (nSPS) is 30.1. The van der Waals surface area contributed by atoms with Crippen LogP contribution in [0.3, 0.4) is 0 Å². The van der Waals surface area contributed by atoms with Gasteiger partial charge in [-0.25, -0.2) is 0 Å². The molecule has 1 aliphatic heterocycles. The van der Waals surface area contributed by atoms with Crippen LogP contribution in [0.5, 0.6) is 11.5 Å². The minimum atomic E-state index is 0.0595. The Morgan fingerprint density at radius 2 is 1.95 bits per heavy atom. The summed E-state index contributed by atoms with van der Waals surface area (Å²) < 4.78 is 11.8. The molecule has 3 rings (SSSR count). The van der Waals surface area contributed by atoms with Gasteiger partial charge in [-0.1, -0.05) is 55.3 Å². The fourth-order valence-electron chi connectivity index (χ4n) is 4.53. The minimum absolute atomic E-state index is 0.0595. The smallest absolute Gasteiger partial charge is 0.162 e. The SMILES string of the molecule is CCC[C@]1(c2ccc3c(c2)OC(P)CO3)CCCCC1(C)C. The van der Waals surface area contributed by atoms with Gasteiger partial charge in [-0.2, -0.15) is 0 Å². The van der Waals surface area contributed by atoms with E-state index in [1.807, 2.05) is 0 Å². The summed E-state index contributed by atoms with van der Waals surface area (Å²) in [6, 6.07) is 6.66. The Hall–Kier alpha value is -0.750. The van der Waals surface area contributed by atoms with Gasteiger partial charge >= 0.3 is 0 Å². The lowest BCUT2D eigenvalue weighted by Crippen LogP contribution is -2.44. The number of rotatable bonds is 3. The highest BCUT2D eigenvalue weighted by atomic mass is 31.0. The van der Waals surface area contributed by atoms with Gasteiger partial charge in [-0.05, 0) is 42.4 Å². The second kappa shape index (κ2) is 6.04. The molecule has 1 heterocycles. The monoisotopic (exact) mass is 320 g/mol. The maximum Gasteiger partial charge on any atom is 0.162 e. The maximum absolute atomic E-state index is 5.99. The van der Waals surface area contributed by atoms with E-state index in [4.69, 9.17) is 9.47 Å². The van der Waals surface area contributed by atoms with Crippen LogP contribution in [0.25, 0.3) is 0 Å². The van der Waals surface area contributed by atoms with Crippen molar-refractivity contribution in [2.24, 2.45) is 5.41 Å². The van der Waals surface area contributed by atoms with Crippen molar-refractivity contribution in [3.8, 4) is 11.5 Å². The Morgan fingerprint density at radius 3 is 2.68 bits per heavy atom. The number of fused-ring (bicyclic) bond motifs is 1. The lowest BCUT2D eigenvalue weighted by atomic mass is 9.53. The van der Waals surface area contributed by atoms with Gasteiger partial charge in [-0.15, -0.1) is 0 Å². The molecule has 1 aromatic rings. The summed E-state index contributed by atoms with van der Waals surface area (Å²) in [5, 5.41) is 0. The zero-order valence-electron chi connectivity index (χ0n) is 14.2. The molecule has 2 aliphatic rings. The largest absolute Gasteiger partial charge is 0.485 e. The molecule has 0 amide bonds. The van der Waals surface area contributed by atoms with Gasteiger partial charge in [0.15, 0.2) is 11.5 Å². The molecule has 1 aromatic carbocycles. The molecule has 1 saturated carbocycles. The minimum Gasteiger partial charge on any atom is -0.485 e. The molecule has 3 heteroatoms. The van der Waals surface area contributed by atoms with Crippen LogP contribution in [0.1, 0.15) is 64.9 Å². The number of benzene rings is 1. The van der Waals surface area contributed by atoms with Crippen molar-refractivity contribution in [2.45, 2.75) is 70.6 Å². The van der Waals surface area contributed by atoms with Crippen LogP contribution in [0.2, 0.25) is 0 Å².